The molecule has 0 fully saturated rings. The Labute approximate surface area is 135 Å². The number of carbonyl (C=O) groups excluding carboxylic acids is 1. The molecule has 0 aliphatic carbocycles. The van der Waals surface area contributed by atoms with Gasteiger partial charge in [0.1, 0.15) is 11.5 Å². The normalized spacial score (nSPS) is 10.1. The first kappa shape index (κ1) is 16.2. The van der Waals surface area contributed by atoms with Gasteiger partial charge < -0.3 is 14.8 Å². The maximum Gasteiger partial charge on any atom is 0.255 e. The van der Waals surface area contributed by atoms with Crippen molar-refractivity contribution < 1.29 is 14.3 Å². The van der Waals surface area contributed by atoms with Crippen LogP contribution in [0.25, 0.3) is 0 Å². The number of hydrogen-bond acceptors (Lipinski definition) is 3. The van der Waals surface area contributed by atoms with E-state index in [9.17, 15) is 4.79 Å². The zero-order valence-corrected chi connectivity index (χ0v) is 13.3. The van der Waals surface area contributed by atoms with Crippen molar-refractivity contribution in [3.63, 3.8) is 0 Å². The summed E-state index contributed by atoms with van der Waals surface area (Å²) in [6.07, 6.45) is 0. The summed E-state index contributed by atoms with van der Waals surface area (Å²) in [5.74, 6) is 0.996. The van der Waals surface area contributed by atoms with Crippen LogP contribution >= 0.6 is 11.6 Å². The average molecular weight is 320 g/mol. The van der Waals surface area contributed by atoms with Crippen LogP contribution in [0.1, 0.15) is 22.8 Å². The molecule has 22 heavy (non-hydrogen) atoms. The fraction of sp³-hybridized carbons (Fsp3) is 0.235. The Hall–Kier alpha value is -2.20. The van der Waals surface area contributed by atoms with Gasteiger partial charge in [-0.15, -0.1) is 0 Å². The van der Waals surface area contributed by atoms with Crippen molar-refractivity contribution in [2.45, 2.75) is 13.5 Å². The van der Waals surface area contributed by atoms with Crippen LogP contribution in [0.2, 0.25) is 5.02 Å². The second-order valence-corrected chi connectivity index (χ2v) is 4.99. The summed E-state index contributed by atoms with van der Waals surface area (Å²) in [6.45, 7) is 2.84. The van der Waals surface area contributed by atoms with Gasteiger partial charge in [-0.2, -0.15) is 0 Å². The quantitative estimate of drug-likeness (QED) is 0.883. The molecule has 0 unspecified atom stereocenters. The molecule has 0 aromatic heterocycles. The third kappa shape index (κ3) is 3.92. The molecule has 116 valence electrons. The Balaban J connectivity index is 2.03. The lowest BCUT2D eigenvalue weighted by atomic mass is 10.1. The molecule has 2 rings (SSSR count). The third-order valence-electron chi connectivity index (χ3n) is 3.10. The zero-order chi connectivity index (χ0) is 15.9. The van der Waals surface area contributed by atoms with Gasteiger partial charge in [0.05, 0.1) is 24.3 Å². The van der Waals surface area contributed by atoms with Gasteiger partial charge in [-0.3, -0.25) is 4.79 Å². The van der Waals surface area contributed by atoms with Gasteiger partial charge in [0, 0.05) is 6.54 Å². The molecular formula is C17H18ClNO3. The summed E-state index contributed by atoms with van der Waals surface area (Å²) in [7, 11) is 1.54. The van der Waals surface area contributed by atoms with E-state index in [0.29, 0.717) is 35.2 Å². The van der Waals surface area contributed by atoms with Crippen LogP contribution in [0.3, 0.4) is 0 Å². The number of benzene rings is 2. The van der Waals surface area contributed by atoms with Crippen molar-refractivity contribution in [1.29, 1.82) is 0 Å². The molecule has 0 aliphatic rings. The van der Waals surface area contributed by atoms with E-state index in [1.807, 2.05) is 19.1 Å². The highest BCUT2D eigenvalue weighted by Gasteiger charge is 2.11. The number of halogens is 1. The Kier molecular flexibility index (Phi) is 5.67. The van der Waals surface area contributed by atoms with Crippen LogP contribution in [0, 0.1) is 0 Å². The maximum absolute atomic E-state index is 12.2. The number of methoxy groups -OCH3 is 1. The van der Waals surface area contributed by atoms with E-state index in [4.69, 9.17) is 21.1 Å². The Morgan fingerprint density at radius 2 is 1.95 bits per heavy atom. The molecule has 4 nitrogen and oxygen atoms in total. The predicted molar refractivity (Wildman–Crippen MR) is 86.8 cm³/mol. The monoisotopic (exact) mass is 319 g/mol. The summed E-state index contributed by atoms with van der Waals surface area (Å²) in [5, 5.41) is 3.38. The average Bonchev–Trinajstić information content (AvgIpc) is 2.55. The second kappa shape index (κ2) is 7.71. The topological polar surface area (TPSA) is 47.6 Å². The lowest BCUT2D eigenvalue weighted by molar-refractivity contribution is 0.0948. The van der Waals surface area contributed by atoms with Crippen molar-refractivity contribution in [2.24, 2.45) is 0 Å². The zero-order valence-electron chi connectivity index (χ0n) is 12.6. The van der Waals surface area contributed by atoms with E-state index >= 15 is 0 Å². The fourth-order valence-electron chi connectivity index (χ4n) is 2.04. The van der Waals surface area contributed by atoms with Gasteiger partial charge >= 0.3 is 0 Å². The van der Waals surface area contributed by atoms with Crippen molar-refractivity contribution in [3.05, 3.63) is 58.6 Å². The number of carbonyl (C=O) groups is 1. The van der Waals surface area contributed by atoms with E-state index in [2.05, 4.69) is 5.32 Å². The fourth-order valence-corrected chi connectivity index (χ4v) is 2.29. The van der Waals surface area contributed by atoms with Crippen molar-refractivity contribution >= 4 is 17.5 Å². The van der Waals surface area contributed by atoms with E-state index in [-0.39, 0.29) is 5.91 Å². The van der Waals surface area contributed by atoms with Crippen LogP contribution in [-0.2, 0) is 6.54 Å². The molecule has 0 aliphatic heterocycles. The third-order valence-corrected chi connectivity index (χ3v) is 3.40. The number of rotatable bonds is 6. The van der Waals surface area contributed by atoms with Crippen molar-refractivity contribution in [2.75, 3.05) is 13.7 Å². The highest BCUT2D eigenvalue weighted by atomic mass is 35.5. The highest BCUT2D eigenvalue weighted by Crippen LogP contribution is 2.25. The summed E-state index contributed by atoms with van der Waals surface area (Å²) < 4.78 is 10.6. The highest BCUT2D eigenvalue weighted by molar-refractivity contribution is 6.32. The maximum atomic E-state index is 12.2. The molecule has 5 heteroatoms. The molecular weight excluding hydrogens is 302 g/mol. The molecule has 0 spiro atoms. The molecule has 2 aromatic rings. The van der Waals surface area contributed by atoms with Crippen LogP contribution in [0.5, 0.6) is 11.5 Å². The van der Waals surface area contributed by atoms with Crippen LogP contribution in [0.15, 0.2) is 42.5 Å². The first-order valence-corrected chi connectivity index (χ1v) is 7.36. The number of ether oxygens (including phenoxy) is 2. The minimum Gasteiger partial charge on any atom is -0.496 e. The van der Waals surface area contributed by atoms with Crippen LogP contribution < -0.4 is 14.8 Å². The van der Waals surface area contributed by atoms with Gasteiger partial charge in [0.25, 0.3) is 5.91 Å². The lowest BCUT2D eigenvalue weighted by Crippen LogP contribution is -2.23. The Morgan fingerprint density at radius 3 is 2.64 bits per heavy atom. The Morgan fingerprint density at radius 1 is 1.18 bits per heavy atom. The SMILES string of the molecule is CCOc1ccc(CNC(=O)c2ccccc2OC)cc1Cl. The number of para-hydroxylation sites is 1. The van der Waals surface area contributed by atoms with Gasteiger partial charge in [-0.1, -0.05) is 29.8 Å². The van der Waals surface area contributed by atoms with E-state index in [1.165, 1.54) is 0 Å². The minimum absolute atomic E-state index is 0.192. The van der Waals surface area contributed by atoms with Crippen molar-refractivity contribution in [1.82, 2.24) is 5.32 Å². The molecule has 2 aromatic carbocycles. The van der Waals surface area contributed by atoms with Gasteiger partial charge in [-0.05, 0) is 36.8 Å². The molecule has 0 radical (unpaired) electrons. The summed E-state index contributed by atoms with van der Waals surface area (Å²) in [5.41, 5.74) is 1.40. The molecule has 1 N–H and O–H groups in total. The molecule has 0 saturated heterocycles. The standard InChI is InChI=1S/C17H18ClNO3/c1-3-22-16-9-8-12(10-14(16)18)11-19-17(20)13-6-4-5-7-15(13)21-2/h4-10H,3,11H2,1-2H3,(H,19,20). The molecule has 1 amide bonds. The number of amides is 1. The summed E-state index contributed by atoms with van der Waals surface area (Å²) >= 11 is 6.13. The first-order valence-electron chi connectivity index (χ1n) is 6.98. The number of hydrogen-bond donors (Lipinski definition) is 1. The first-order chi connectivity index (χ1) is 10.7. The molecule has 0 atom stereocenters. The van der Waals surface area contributed by atoms with E-state index in [0.717, 1.165) is 5.56 Å². The smallest absolute Gasteiger partial charge is 0.255 e. The Bertz CT molecular complexity index is 658. The second-order valence-electron chi connectivity index (χ2n) is 4.58. The minimum atomic E-state index is -0.192. The predicted octanol–water partition coefficient (Wildman–Crippen LogP) is 3.68. The largest absolute Gasteiger partial charge is 0.496 e. The van der Waals surface area contributed by atoms with E-state index in [1.54, 1.807) is 37.4 Å². The van der Waals surface area contributed by atoms with Gasteiger partial charge in [0.2, 0.25) is 0 Å². The van der Waals surface area contributed by atoms with Crippen LogP contribution in [-0.4, -0.2) is 19.6 Å². The lowest BCUT2D eigenvalue weighted by Gasteiger charge is -2.10. The van der Waals surface area contributed by atoms with Crippen molar-refractivity contribution in [3.8, 4) is 11.5 Å². The molecule has 0 heterocycles. The summed E-state index contributed by atoms with van der Waals surface area (Å²) in [6, 6.07) is 12.6. The van der Waals surface area contributed by atoms with E-state index < -0.39 is 0 Å². The van der Waals surface area contributed by atoms with Gasteiger partial charge in [-0.25, -0.2) is 0 Å². The number of nitrogens with one attached hydrogen (secondary N) is 1. The van der Waals surface area contributed by atoms with Crippen LogP contribution in [0.4, 0.5) is 0 Å². The molecule has 0 bridgehead atoms. The molecule has 0 saturated carbocycles. The van der Waals surface area contributed by atoms with Gasteiger partial charge in [0.15, 0.2) is 0 Å². The summed E-state index contributed by atoms with van der Waals surface area (Å²) in [4.78, 5) is 12.2.